The van der Waals surface area contributed by atoms with Crippen LogP contribution in [0.4, 0.5) is 0 Å². The predicted molar refractivity (Wildman–Crippen MR) is 140 cm³/mol. The van der Waals surface area contributed by atoms with Crippen LogP contribution in [0.2, 0.25) is 0 Å². The van der Waals surface area contributed by atoms with Crippen LogP contribution in [0.5, 0.6) is 0 Å². The smallest absolute Gasteiger partial charge is 0.0187 e. The van der Waals surface area contributed by atoms with E-state index in [0.717, 1.165) is 9.79 Å². The highest BCUT2D eigenvalue weighted by Gasteiger charge is 2.02. The summed E-state index contributed by atoms with van der Waals surface area (Å²) in [6, 6.07) is 33.9. The van der Waals surface area contributed by atoms with E-state index < -0.39 is 0 Å². The van der Waals surface area contributed by atoms with Crippen molar-refractivity contribution in [2.75, 3.05) is 0 Å². The van der Waals surface area contributed by atoms with E-state index in [4.69, 9.17) is 0 Å². The molecule has 0 aliphatic heterocycles. The summed E-state index contributed by atoms with van der Waals surface area (Å²) in [7, 11) is 3.57. The van der Waals surface area contributed by atoms with E-state index in [2.05, 4.69) is 98.1 Å². The lowest BCUT2D eigenvalue weighted by atomic mass is 10.4. The number of benzene rings is 4. The van der Waals surface area contributed by atoms with Gasteiger partial charge in [-0.1, -0.05) is 45.1 Å². The minimum atomic E-state index is 0.988. The molecular weight excluding hydrogens is 481 g/mol. The molecule has 0 amide bonds. The van der Waals surface area contributed by atoms with Crippen LogP contribution in [0.15, 0.2) is 136 Å². The predicted octanol–water partition coefficient (Wildman–Crippen LogP) is 9.37. The molecule has 4 aromatic carbocycles. The zero-order valence-corrected chi connectivity index (χ0v) is 20.8. The molecule has 0 saturated carbocycles. The fourth-order valence-corrected chi connectivity index (χ4v) is 6.39. The van der Waals surface area contributed by atoms with Crippen LogP contribution in [0.1, 0.15) is 0 Å². The van der Waals surface area contributed by atoms with Crippen LogP contribution >= 0.6 is 70.4 Å². The minimum Gasteiger partial charge on any atom is -0.143 e. The van der Waals surface area contributed by atoms with Crippen LogP contribution in [0, 0.1) is 0 Å². The lowest BCUT2D eigenvalue weighted by Gasteiger charge is -2.06. The Kier molecular flexibility index (Phi) is 8.15. The Morgan fingerprint density at radius 1 is 0.333 bits per heavy atom. The minimum absolute atomic E-state index is 0.988. The average molecular weight is 499 g/mol. The van der Waals surface area contributed by atoms with Gasteiger partial charge in [0.05, 0.1) is 0 Å². The molecular formula is C24H18S6. The van der Waals surface area contributed by atoms with Gasteiger partial charge in [-0.05, 0) is 97.1 Å². The highest BCUT2D eigenvalue weighted by atomic mass is 33.1. The Hall–Kier alpha value is -1.02. The van der Waals surface area contributed by atoms with Gasteiger partial charge in [0.25, 0.3) is 0 Å². The van der Waals surface area contributed by atoms with Crippen molar-refractivity contribution < 1.29 is 0 Å². The summed E-state index contributed by atoms with van der Waals surface area (Å²) in [5, 5.41) is 0. The highest BCUT2D eigenvalue weighted by Crippen LogP contribution is 2.39. The molecule has 4 aromatic rings. The Bertz CT molecular complexity index is 982. The van der Waals surface area contributed by atoms with E-state index in [-0.39, 0.29) is 0 Å². The van der Waals surface area contributed by atoms with Gasteiger partial charge in [-0.25, -0.2) is 0 Å². The van der Waals surface area contributed by atoms with Crippen molar-refractivity contribution in [1.82, 2.24) is 0 Å². The van der Waals surface area contributed by atoms with Crippen molar-refractivity contribution in [3.8, 4) is 0 Å². The van der Waals surface area contributed by atoms with Gasteiger partial charge in [0.1, 0.15) is 0 Å². The van der Waals surface area contributed by atoms with Crippen molar-refractivity contribution in [1.29, 1.82) is 0 Å². The SMILES string of the molecule is Sc1ccc(Sc2ccc(SSc3ccc(Sc4ccc(S)cc4)cc3)cc2)cc1. The van der Waals surface area contributed by atoms with Crippen LogP contribution in [0.3, 0.4) is 0 Å². The van der Waals surface area contributed by atoms with E-state index in [1.54, 1.807) is 45.1 Å². The number of thiol groups is 2. The van der Waals surface area contributed by atoms with Gasteiger partial charge < -0.3 is 0 Å². The highest BCUT2D eigenvalue weighted by molar-refractivity contribution is 8.76. The van der Waals surface area contributed by atoms with Gasteiger partial charge >= 0.3 is 0 Å². The van der Waals surface area contributed by atoms with Crippen molar-refractivity contribution in [2.45, 2.75) is 39.2 Å². The van der Waals surface area contributed by atoms with Crippen molar-refractivity contribution >= 4 is 70.4 Å². The van der Waals surface area contributed by atoms with Crippen LogP contribution in [-0.4, -0.2) is 0 Å². The van der Waals surface area contributed by atoms with E-state index in [9.17, 15) is 0 Å². The number of hydrogen-bond acceptors (Lipinski definition) is 6. The molecule has 0 fully saturated rings. The molecule has 0 saturated heterocycles. The first kappa shape index (κ1) is 22.2. The maximum absolute atomic E-state index is 4.34. The molecule has 150 valence electrons. The Labute approximate surface area is 205 Å². The summed E-state index contributed by atoms with van der Waals surface area (Å²) in [6.07, 6.45) is 0. The lowest BCUT2D eigenvalue weighted by Crippen LogP contribution is -1.76. The maximum atomic E-state index is 4.34. The summed E-state index contributed by atoms with van der Waals surface area (Å²) in [5.74, 6) is 0. The number of rotatable bonds is 7. The molecule has 0 aromatic heterocycles. The van der Waals surface area contributed by atoms with Crippen molar-refractivity contribution in [3.63, 3.8) is 0 Å². The first-order valence-electron chi connectivity index (χ1n) is 9.12. The largest absolute Gasteiger partial charge is 0.143 e. The third-order valence-electron chi connectivity index (χ3n) is 4.03. The second kappa shape index (κ2) is 11.0. The maximum Gasteiger partial charge on any atom is 0.0187 e. The molecule has 0 nitrogen and oxygen atoms in total. The van der Waals surface area contributed by atoms with Gasteiger partial charge in [-0.2, -0.15) is 0 Å². The summed E-state index contributed by atoms with van der Waals surface area (Å²) in [6.45, 7) is 0. The zero-order chi connectivity index (χ0) is 20.8. The van der Waals surface area contributed by atoms with Crippen LogP contribution in [0.25, 0.3) is 0 Å². The molecule has 0 aliphatic carbocycles. The molecule has 30 heavy (non-hydrogen) atoms. The van der Waals surface area contributed by atoms with E-state index >= 15 is 0 Å². The summed E-state index contributed by atoms with van der Waals surface area (Å²) in [4.78, 5) is 9.40. The molecule has 0 heterocycles. The second-order valence-corrected chi connectivity index (χ2v) is 11.9. The molecule has 6 heteroatoms. The van der Waals surface area contributed by atoms with Crippen molar-refractivity contribution in [3.05, 3.63) is 97.1 Å². The Morgan fingerprint density at radius 2 is 0.567 bits per heavy atom. The van der Waals surface area contributed by atoms with Gasteiger partial charge in [0.15, 0.2) is 0 Å². The molecule has 0 N–H and O–H groups in total. The average Bonchev–Trinajstić information content (AvgIpc) is 2.77. The zero-order valence-electron chi connectivity index (χ0n) is 15.8. The van der Waals surface area contributed by atoms with E-state index in [0.29, 0.717) is 0 Å². The Morgan fingerprint density at radius 3 is 0.867 bits per heavy atom. The van der Waals surface area contributed by atoms with Gasteiger partial charge in [0.2, 0.25) is 0 Å². The molecule has 0 radical (unpaired) electrons. The van der Waals surface area contributed by atoms with Gasteiger partial charge in [-0.3, -0.25) is 0 Å². The van der Waals surface area contributed by atoms with E-state index in [1.165, 1.54) is 29.4 Å². The molecule has 0 unspecified atom stereocenters. The Balaban J connectivity index is 1.29. The third-order valence-corrected chi connectivity index (χ3v) is 9.07. The van der Waals surface area contributed by atoms with Crippen LogP contribution in [-0.2, 0) is 0 Å². The quantitative estimate of drug-likeness (QED) is 0.192. The van der Waals surface area contributed by atoms with Crippen molar-refractivity contribution in [2.24, 2.45) is 0 Å². The fourth-order valence-electron chi connectivity index (χ4n) is 2.52. The monoisotopic (exact) mass is 498 g/mol. The van der Waals surface area contributed by atoms with E-state index in [1.807, 2.05) is 24.3 Å². The topological polar surface area (TPSA) is 0 Å². The molecule has 0 spiro atoms. The molecule has 0 aliphatic rings. The summed E-state index contributed by atoms with van der Waals surface area (Å²) < 4.78 is 0. The first-order chi connectivity index (χ1) is 14.6. The van der Waals surface area contributed by atoms with Gasteiger partial charge in [0, 0.05) is 39.2 Å². The lowest BCUT2D eigenvalue weighted by molar-refractivity contribution is 1.32. The molecule has 0 atom stereocenters. The third kappa shape index (κ3) is 6.74. The molecule has 4 rings (SSSR count). The first-order valence-corrected chi connectivity index (χ1v) is 13.8. The van der Waals surface area contributed by atoms with Gasteiger partial charge in [-0.15, -0.1) is 25.3 Å². The normalized spacial score (nSPS) is 10.9. The fraction of sp³-hybridized carbons (Fsp3) is 0. The van der Waals surface area contributed by atoms with Crippen LogP contribution < -0.4 is 0 Å². The summed E-state index contributed by atoms with van der Waals surface area (Å²) in [5.41, 5.74) is 0. The standard InChI is InChI=1S/C24H18S6/c25-17-1-5-19(6-2-17)27-21-9-13-23(14-10-21)29-30-24-15-11-22(12-16-24)28-20-7-3-18(26)4-8-20/h1-16,25-26H. The molecule has 0 bridgehead atoms. The summed E-state index contributed by atoms with van der Waals surface area (Å²) >= 11 is 12.2. The second-order valence-electron chi connectivity index (χ2n) is 6.30. The number of hydrogen-bond donors (Lipinski definition) is 2.